The minimum Gasteiger partial charge on any atom is -0.192 e. The summed E-state index contributed by atoms with van der Waals surface area (Å²) in [6.45, 7) is 0. The molecule has 1 aliphatic carbocycles. The van der Waals surface area contributed by atoms with Gasteiger partial charge in [-0.05, 0) is 25.0 Å². The Morgan fingerprint density at radius 1 is 1.07 bits per heavy atom. The van der Waals surface area contributed by atoms with E-state index in [-0.39, 0.29) is 0 Å². The smallest absolute Gasteiger partial charge is 0.100 e. The van der Waals surface area contributed by atoms with Gasteiger partial charge in [0.25, 0.3) is 0 Å². The van der Waals surface area contributed by atoms with E-state index < -0.39 is 0 Å². The van der Waals surface area contributed by atoms with E-state index in [1.54, 1.807) is 0 Å². The molecule has 1 heteroatoms. The summed E-state index contributed by atoms with van der Waals surface area (Å²) >= 11 is 0. The highest BCUT2D eigenvalue weighted by Gasteiger charge is 2.11. The van der Waals surface area contributed by atoms with Gasteiger partial charge in [0.05, 0.1) is 5.56 Å². The maximum Gasteiger partial charge on any atom is 0.100 e. The Bertz CT molecular complexity index is 436. The van der Waals surface area contributed by atoms with Crippen LogP contribution in [0.25, 0.3) is 0 Å². The Morgan fingerprint density at radius 3 is 2.40 bits per heavy atom. The molecule has 0 unspecified atom stereocenters. The molecule has 0 aromatic heterocycles. The van der Waals surface area contributed by atoms with E-state index in [1.807, 2.05) is 24.3 Å². The summed E-state index contributed by atoms with van der Waals surface area (Å²) in [4.78, 5) is 0. The fourth-order valence-electron chi connectivity index (χ4n) is 1.94. The molecule has 0 atom stereocenters. The molecule has 0 heterocycles. The third-order valence-corrected chi connectivity index (χ3v) is 2.81. The number of hydrogen-bond donors (Lipinski definition) is 0. The molecule has 0 spiro atoms. The number of nitrogens with zero attached hydrogens (tertiary/aromatic N) is 1. The van der Waals surface area contributed by atoms with Crippen molar-refractivity contribution in [1.29, 1.82) is 5.26 Å². The van der Waals surface area contributed by atoms with Gasteiger partial charge in [-0.2, -0.15) is 5.26 Å². The molecule has 0 bridgehead atoms. The first kappa shape index (κ1) is 9.81. The predicted molar refractivity (Wildman–Crippen MR) is 60.0 cm³/mol. The zero-order valence-electron chi connectivity index (χ0n) is 8.66. The monoisotopic (exact) mass is 195 g/mol. The first-order chi connectivity index (χ1) is 7.40. The SMILES string of the molecule is N#Cc1ccccc1C#CC1CCCC1. The minimum absolute atomic E-state index is 0.553. The normalized spacial score (nSPS) is 15.4. The lowest BCUT2D eigenvalue weighted by Crippen LogP contribution is -1.88. The van der Waals surface area contributed by atoms with Gasteiger partial charge in [-0.1, -0.05) is 36.8 Å². The van der Waals surface area contributed by atoms with Gasteiger partial charge in [-0.25, -0.2) is 0 Å². The van der Waals surface area contributed by atoms with Crippen molar-refractivity contribution in [2.45, 2.75) is 25.7 Å². The van der Waals surface area contributed by atoms with Crippen molar-refractivity contribution >= 4 is 0 Å². The Kier molecular flexibility index (Phi) is 3.05. The van der Waals surface area contributed by atoms with E-state index >= 15 is 0 Å². The van der Waals surface area contributed by atoms with Crippen LogP contribution in [0.5, 0.6) is 0 Å². The molecular weight excluding hydrogens is 182 g/mol. The zero-order valence-corrected chi connectivity index (χ0v) is 8.66. The largest absolute Gasteiger partial charge is 0.192 e. The average molecular weight is 195 g/mol. The van der Waals surface area contributed by atoms with E-state index in [2.05, 4.69) is 17.9 Å². The lowest BCUT2D eigenvalue weighted by atomic mass is 10.1. The quantitative estimate of drug-likeness (QED) is 0.583. The second-order valence-electron chi connectivity index (χ2n) is 3.91. The van der Waals surface area contributed by atoms with Crippen LogP contribution in [0.1, 0.15) is 36.8 Å². The molecule has 74 valence electrons. The zero-order chi connectivity index (χ0) is 10.5. The number of nitriles is 1. The van der Waals surface area contributed by atoms with Crippen LogP contribution in [0.4, 0.5) is 0 Å². The first-order valence-electron chi connectivity index (χ1n) is 5.41. The third-order valence-electron chi connectivity index (χ3n) is 2.81. The fourth-order valence-corrected chi connectivity index (χ4v) is 1.94. The van der Waals surface area contributed by atoms with Gasteiger partial charge in [0.15, 0.2) is 0 Å². The fraction of sp³-hybridized carbons (Fsp3) is 0.357. The van der Waals surface area contributed by atoms with Crippen LogP contribution in [0.3, 0.4) is 0 Å². The molecule has 1 aliphatic rings. The van der Waals surface area contributed by atoms with Crippen LogP contribution in [-0.4, -0.2) is 0 Å². The number of benzene rings is 1. The molecule has 0 N–H and O–H groups in total. The molecule has 2 rings (SSSR count). The van der Waals surface area contributed by atoms with Crippen LogP contribution in [0, 0.1) is 29.1 Å². The molecule has 1 aromatic carbocycles. The molecule has 0 amide bonds. The molecule has 1 aromatic rings. The lowest BCUT2D eigenvalue weighted by Gasteiger charge is -1.96. The first-order valence-corrected chi connectivity index (χ1v) is 5.41. The molecule has 1 fully saturated rings. The molecule has 0 aliphatic heterocycles. The summed E-state index contributed by atoms with van der Waals surface area (Å²) in [5.74, 6) is 6.96. The second kappa shape index (κ2) is 4.67. The van der Waals surface area contributed by atoms with Crippen molar-refractivity contribution in [3.63, 3.8) is 0 Å². The van der Waals surface area contributed by atoms with Crippen LogP contribution in [0.15, 0.2) is 24.3 Å². The number of hydrogen-bond acceptors (Lipinski definition) is 1. The number of rotatable bonds is 0. The van der Waals surface area contributed by atoms with Crippen molar-refractivity contribution in [3.8, 4) is 17.9 Å². The Morgan fingerprint density at radius 2 is 1.73 bits per heavy atom. The van der Waals surface area contributed by atoms with E-state index in [4.69, 9.17) is 5.26 Å². The lowest BCUT2D eigenvalue weighted by molar-refractivity contribution is 0.712. The second-order valence-corrected chi connectivity index (χ2v) is 3.91. The molecule has 15 heavy (non-hydrogen) atoms. The maximum absolute atomic E-state index is 8.89. The summed E-state index contributed by atoms with van der Waals surface area (Å²) in [6.07, 6.45) is 5.06. The van der Waals surface area contributed by atoms with Gasteiger partial charge in [0.1, 0.15) is 6.07 Å². The summed E-state index contributed by atoms with van der Waals surface area (Å²) in [7, 11) is 0. The highest BCUT2D eigenvalue weighted by molar-refractivity contribution is 5.47. The highest BCUT2D eigenvalue weighted by atomic mass is 14.2. The Balaban J connectivity index is 2.19. The van der Waals surface area contributed by atoms with Gasteiger partial charge in [-0.15, -0.1) is 0 Å². The van der Waals surface area contributed by atoms with E-state index in [9.17, 15) is 0 Å². The van der Waals surface area contributed by atoms with Gasteiger partial charge in [0, 0.05) is 11.5 Å². The van der Waals surface area contributed by atoms with Gasteiger partial charge >= 0.3 is 0 Å². The van der Waals surface area contributed by atoms with Crippen molar-refractivity contribution in [2.24, 2.45) is 5.92 Å². The van der Waals surface area contributed by atoms with Crippen LogP contribution >= 0.6 is 0 Å². The molecule has 1 nitrogen and oxygen atoms in total. The molecular formula is C14H13N. The minimum atomic E-state index is 0.553. The molecule has 0 saturated heterocycles. The predicted octanol–water partition coefficient (Wildman–Crippen LogP) is 3.10. The summed E-state index contributed by atoms with van der Waals surface area (Å²) in [6, 6.07) is 9.71. The molecule has 0 radical (unpaired) electrons. The topological polar surface area (TPSA) is 23.8 Å². The third kappa shape index (κ3) is 2.39. The van der Waals surface area contributed by atoms with Crippen LogP contribution in [0.2, 0.25) is 0 Å². The van der Waals surface area contributed by atoms with Crippen molar-refractivity contribution in [3.05, 3.63) is 35.4 Å². The highest BCUT2D eigenvalue weighted by Crippen LogP contribution is 2.23. The van der Waals surface area contributed by atoms with Gasteiger partial charge in [0.2, 0.25) is 0 Å². The van der Waals surface area contributed by atoms with Gasteiger partial charge < -0.3 is 0 Å². The van der Waals surface area contributed by atoms with Crippen LogP contribution in [-0.2, 0) is 0 Å². The standard InChI is InChI=1S/C14H13N/c15-11-14-8-4-3-7-13(14)10-9-12-5-1-2-6-12/h3-4,7-8,12H,1-2,5-6H2. The average Bonchev–Trinajstić information content (AvgIpc) is 2.79. The Hall–Kier alpha value is -1.73. The van der Waals surface area contributed by atoms with Crippen molar-refractivity contribution in [1.82, 2.24) is 0 Å². The maximum atomic E-state index is 8.89. The van der Waals surface area contributed by atoms with E-state index in [0.717, 1.165) is 5.56 Å². The van der Waals surface area contributed by atoms with Crippen LogP contribution < -0.4 is 0 Å². The van der Waals surface area contributed by atoms with Crippen molar-refractivity contribution in [2.75, 3.05) is 0 Å². The van der Waals surface area contributed by atoms with E-state index in [0.29, 0.717) is 11.5 Å². The molecule has 1 saturated carbocycles. The van der Waals surface area contributed by atoms with Crippen molar-refractivity contribution < 1.29 is 0 Å². The van der Waals surface area contributed by atoms with Gasteiger partial charge in [-0.3, -0.25) is 0 Å². The summed E-state index contributed by atoms with van der Waals surface area (Å²) < 4.78 is 0. The summed E-state index contributed by atoms with van der Waals surface area (Å²) in [5, 5.41) is 8.89. The Labute approximate surface area is 90.7 Å². The summed E-state index contributed by atoms with van der Waals surface area (Å²) in [5.41, 5.74) is 1.55. The van der Waals surface area contributed by atoms with E-state index in [1.165, 1.54) is 25.7 Å².